The van der Waals surface area contributed by atoms with Crippen LogP contribution in [0.5, 0.6) is 0 Å². The molecule has 1 rings (SSSR count). The number of nitrogens with zero attached hydrogens (tertiary/aromatic N) is 1. The highest BCUT2D eigenvalue weighted by atomic mass is 16.5. The molecule has 1 heterocycles. The van der Waals surface area contributed by atoms with Gasteiger partial charge in [-0.15, -0.1) is 0 Å². The second-order valence-electron chi connectivity index (χ2n) is 3.50. The van der Waals surface area contributed by atoms with Crippen molar-refractivity contribution in [2.75, 3.05) is 39.4 Å². The molecule has 5 heteroatoms. The number of β-amino-alcohol motifs (C(OH)–C–C–N with tert-alkyl or cyclic N) is 1. The van der Waals surface area contributed by atoms with Crippen LogP contribution in [0.2, 0.25) is 0 Å². The summed E-state index contributed by atoms with van der Waals surface area (Å²) < 4.78 is 5.19. The molecule has 0 spiro atoms. The number of hydrogen-bond acceptors (Lipinski definition) is 4. The Morgan fingerprint density at radius 2 is 2.21 bits per heavy atom. The van der Waals surface area contributed by atoms with E-state index in [4.69, 9.17) is 4.74 Å². The van der Waals surface area contributed by atoms with E-state index in [0.29, 0.717) is 13.1 Å². The number of aliphatic hydroxyl groups is 1. The average molecular weight is 202 g/mol. The molecule has 0 radical (unpaired) electrons. The molecule has 1 aliphatic rings. The van der Waals surface area contributed by atoms with E-state index >= 15 is 0 Å². The standard InChI is InChI=1S/C9H18N2O3/c1-8(12)10-6-9(13)7-11-2-4-14-5-3-11/h9,13H,2-7H2,1H3,(H,10,12)/t9-/m1/s1. The highest BCUT2D eigenvalue weighted by Crippen LogP contribution is 1.97. The Balaban J connectivity index is 2.11. The third-order valence-corrected chi connectivity index (χ3v) is 2.16. The topological polar surface area (TPSA) is 61.8 Å². The maximum atomic E-state index is 10.6. The molecule has 2 N–H and O–H groups in total. The van der Waals surface area contributed by atoms with Crippen LogP contribution in [0.4, 0.5) is 0 Å². The van der Waals surface area contributed by atoms with Crippen LogP contribution >= 0.6 is 0 Å². The van der Waals surface area contributed by atoms with Crippen molar-refractivity contribution in [3.8, 4) is 0 Å². The van der Waals surface area contributed by atoms with Crippen LogP contribution in [0.1, 0.15) is 6.92 Å². The van der Waals surface area contributed by atoms with Gasteiger partial charge in [-0.05, 0) is 0 Å². The van der Waals surface area contributed by atoms with E-state index in [9.17, 15) is 9.90 Å². The van der Waals surface area contributed by atoms with Gasteiger partial charge in [0.2, 0.25) is 5.91 Å². The lowest BCUT2D eigenvalue weighted by Crippen LogP contribution is -2.44. The molecule has 5 nitrogen and oxygen atoms in total. The lowest BCUT2D eigenvalue weighted by atomic mass is 10.3. The van der Waals surface area contributed by atoms with E-state index < -0.39 is 6.10 Å². The summed E-state index contributed by atoms with van der Waals surface area (Å²) in [6, 6.07) is 0. The van der Waals surface area contributed by atoms with Gasteiger partial charge < -0.3 is 15.2 Å². The summed E-state index contributed by atoms with van der Waals surface area (Å²) >= 11 is 0. The maximum Gasteiger partial charge on any atom is 0.216 e. The van der Waals surface area contributed by atoms with Crippen molar-refractivity contribution in [3.05, 3.63) is 0 Å². The molecular weight excluding hydrogens is 184 g/mol. The molecular formula is C9H18N2O3. The first-order valence-corrected chi connectivity index (χ1v) is 4.91. The Morgan fingerprint density at radius 3 is 2.79 bits per heavy atom. The van der Waals surface area contributed by atoms with Gasteiger partial charge in [0.1, 0.15) is 0 Å². The minimum absolute atomic E-state index is 0.106. The fourth-order valence-corrected chi connectivity index (χ4v) is 1.41. The quantitative estimate of drug-likeness (QED) is 0.602. The molecule has 1 saturated heterocycles. The van der Waals surface area contributed by atoms with E-state index in [-0.39, 0.29) is 5.91 Å². The Morgan fingerprint density at radius 1 is 1.57 bits per heavy atom. The van der Waals surface area contributed by atoms with Crippen LogP contribution in [0.3, 0.4) is 0 Å². The normalized spacial score (nSPS) is 20.4. The van der Waals surface area contributed by atoms with Gasteiger partial charge in [-0.25, -0.2) is 0 Å². The molecule has 14 heavy (non-hydrogen) atoms. The first-order chi connectivity index (χ1) is 6.68. The van der Waals surface area contributed by atoms with Crippen molar-refractivity contribution >= 4 is 5.91 Å². The number of carbonyl (C=O) groups is 1. The molecule has 0 aromatic carbocycles. The summed E-state index contributed by atoms with van der Waals surface area (Å²) in [5, 5.41) is 12.1. The summed E-state index contributed by atoms with van der Waals surface area (Å²) in [6.07, 6.45) is -0.489. The van der Waals surface area contributed by atoms with Gasteiger partial charge in [-0.2, -0.15) is 0 Å². The van der Waals surface area contributed by atoms with Crippen LogP contribution in [0.15, 0.2) is 0 Å². The van der Waals surface area contributed by atoms with Crippen LogP contribution in [-0.2, 0) is 9.53 Å². The fraction of sp³-hybridized carbons (Fsp3) is 0.889. The van der Waals surface area contributed by atoms with Crippen molar-refractivity contribution in [1.82, 2.24) is 10.2 Å². The van der Waals surface area contributed by atoms with E-state index in [0.717, 1.165) is 26.3 Å². The SMILES string of the molecule is CC(=O)NC[C@@H](O)CN1CCOCC1. The molecule has 82 valence electrons. The average Bonchev–Trinajstić information content (AvgIpc) is 2.16. The summed E-state index contributed by atoms with van der Waals surface area (Å²) in [4.78, 5) is 12.7. The number of carbonyl (C=O) groups excluding carboxylic acids is 1. The fourth-order valence-electron chi connectivity index (χ4n) is 1.41. The molecule has 0 aromatic heterocycles. The van der Waals surface area contributed by atoms with Gasteiger partial charge in [-0.3, -0.25) is 9.69 Å². The second kappa shape index (κ2) is 5.95. The number of aliphatic hydroxyl groups excluding tert-OH is 1. The third kappa shape index (κ3) is 4.55. The number of hydrogen-bond donors (Lipinski definition) is 2. The van der Waals surface area contributed by atoms with Gasteiger partial charge in [-0.1, -0.05) is 0 Å². The molecule has 0 aliphatic carbocycles. The number of rotatable bonds is 4. The van der Waals surface area contributed by atoms with Crippen LogP contribution in [-0.4, -0.2) is 61.4 Å². The van der Waals surface area contributed by atoms with Crippen LogP contribution < -0.4 is 5.32 Å². The Labute approximate surface area is 84.0 Å². The van der Waals surface area contributed by atoms with Crippen molar-refractivity contribution in [2.24, 2.45) is 0 Å². The Kier molecular flexibility index (Phi) is 4.86. The minimum Gasteiger partial charge on any atom is -0.390 e. The lowest BCUT2D eigenvalue weighted by Gasteiger charge is -2.28. The van der Waals surface area contributed by atoms with E-state index in [1.54, 1.807) is 0 Å². The molecule has 0 saturated carbocycles. The minimum atomic E-state index is -0.489. The number of ether oxygens (including phenoxy) is 1. The zero-order valence-corrected chi connectivity index (χ0v) is 8.53. The number of amides is 1. The zero-order chi connectivity index (χ0) is 10.4. The van der Waals surface area contributed by atoms with E-state index in [1.807, 2.05) is 0 Å². The van der Waals surface area contributed by atoms with Crippen molar-refractivity contribution in [3.63, 3.8) is 0 Å². The summed E-state index contributed by atoms with van der Waals surface area (Å²) in [6.45, 7) is 5.55. The van der Waals surface area contributed by atoms with Crippen molar-refractivity contribution in [2.45, 2.75) is 13.0 Å². The van der Waals surface area contributed by atoms with Gasteiger partial charge >= 0.3 is 0 Å². The molecule has 1 atom stereocenters. The molecule has 0 unspecified atom stereocenters. The number of morpholine rings is 1. The van der Waals surface area contributed by atoms with Gasteiger partial charge in [0.25, 0.3) is 0 Å². The monoisotopic (exact) mass is 202 g/mol. The van der Waals surface area contributed by atoms with Crippen LogP contribution in [0, 0.1) is 0 Å². The summed E-state index contributed by atoms with van der Waals surface area (Å²) in [5.41, 5.74) is 0. The summed E-state index contributed by atoms with van der Waals surface area (Å²) in [5.74, 6) is -0.106. The van der Waals surface area contributed by atoms with Gasteiger partial charge in [0.15, 0.2) is 0 Å². The largest absolute Gasteiger partial charge is 0.390 e. The molecule has 1 aliphatic heterocycles. The van der Waals surface area contributed by atoms with Crippen molar-refractivity contribution < 1.29 is 14.6 Å². The molecule has 0 bridgehead atoms. The zero-order valence-electron chi connectivity index (χ0n) is 8.53. The maximum absolute atomic E-state index is 10.6. The Bertz CT molecular complexity index is 181. The first-order valence-electron chi connectivity index (χ1n) is 4.91. The summed E-state index contributed by atoms with van der Waals surface area (Å²) in [7, 11) is 0. The first kappa shape index (κ1) is 11.4. The molecule has 0 aromatic rings. The van der Waals surface area contributed by atoms with Crippen LogP contribution in [0.25, 0.3) is 0 Å². The highest BCUT2D eigenvalue weighted by Gasteiger charge is 2.14. The predicted octanol–water partition coefficient (Wildman–Crippen LogP) is -1.18. The van der Waals surface area contributed by atoms with Gasteiger partial charge in [0.05, 0.1) is 19.3 Å². The smallest absolute Gasteiger partial charge is 0.216 e. The molecule has 1 amide bonds. The van der Waals surface area contributed by atoms with E-state index in [1.165, 1.54) is 6.92 Å². The number of nitrogens with one attached hydrogen (secondary N) is 1. The third-order valence-electron chi connectivity index (χ3n) is 2.16. The van der Waals surface area contributed by atoms with Crippen molar-refractivity contribution in [1.29, 1.82) is 0 Å². The van der Waals surface area contributed by atoms with Gasteiger partial charge in [0, 0.05) is 33.1 Å². The predicted molar refractivity (Wildman–Crippen MR) is 51.9 cm³/mol. The lowest BCUT2D eigenvalue weighted by molar-refractivity contribution is -0.119. The second-order valence-corrected chi connectivity index (χ2v) is 3.50. The molecule has 1 fully saturated rings. The van der Waals surface area contributed by atoms with E-state index in [2.05, 4.69) is 10.2 Å². The highest BCUT2D eigenvalue weighted by molar-refractivity contribution is 5.72. The Hall–Kier alpha value is -0.650.